The summed E-state index contributed by atoms with van der Waals surface area (Å²) in [6, 6.07) is 15.3. The molecule has 2 aromatic carbocycles. The SMILES string of the molecule is O=C(c1ccc(C2SCC(=O)N2Cc2ccc(Cl)cc2)cc1)N1CCCC1. The van der Waals surface area contributed by atoms with Crippen LogP contribution in [0.5, 0.6) is 0 Å². The molecule has 0 aliphatic carbocycles. The number of hydrogen-bond donors (Lipinski definition) is 0. The van der Waals surface area contributed by atoms with Crippen LogP contribution in [0.1, 0.15) is 39.7 Å². The molecular weight excluding hydrogens is 380 g/mol. The lowest BCUT2D eigenvalue weighted by molar-refractivity contribution is -0.128. The molecule has 0 saturated carbocycles. The van der Waals surface area contributed by atoms with Crippen LogP contribution in [0.25, 0.3) is 0 Å². The van der Waals surface area contributed by atoms with Gasteiger partial charge in [-0.2, -0.15) is 0 Å². The van der Waals surface area contributed by atoms with Gasteiger partial charge >= 0.3 is 0 Å². The topological polar surface area (TPSA) is 40.6 Å². The molecule has 1 unspecified atom stereocenters. The first-order valence-electron chi connectivity index (χ1n) is 9.16. The number of benzene rings is 2. The lowest BCUT2D eigenvalue weighted by Crippen LogP contribution is -2.28. The molecule has 2 aliphatic heterocycles. The van der Waals surface area contributed by atoms with E-state index in [1.54, 1.807) is 11.8 Å². The van der Waals surface area contributed by atoms with Crippen molar-refractivity contribution in [3.63, 3.8) is 0 Å². The van der Waals surface area contributed by atoms with Crippen LogP contribution in [0, 0.1) is 0 Å². The Morgan fingerprint density at radius 3 is 2.37 bits per heavy atom. The van der Waals surface area contributed by atoms with Crippen molar-refractivity contribution in [2.24, 2.45) is 0 Å². The Morgan fingerprint density at radius 1 is 1.04 bits per heavy atom. The van der Waals surface area contributed by atoms with E-state index in [0.717, 1.165) is 42.6 Å². The Morgan fingerprint density at radius 2 is 1.70 bits per heavy atom. The molecule has 1 atom stereocenters. The highest BCUT2D eigenvalue weighted by Crippen LogP contribution is 2.39. The van der Waals surface area contributed by atoms with Gasteiger partial charge in [-0.3, -0.25) is 9.59 Å². The normalized spacial score (nSPS) is 19.7. The van der Waals surface area contributed by atoms with E-state index >= 15 is 0 Å². The van der Waals surface area contributed by atoms with E-state index in [2.05, 4.69) is 0 Å². The maximum absolute atomic E-state index is 12.5. The first-order valence-corrected chi connectivity index (χ1v) is 10.6. The third-order valence-corrected chi connectivity index (χ3v) is 6.58. The van der Waals surface area contributed by atoms with Crippen molar-refractivity contribution in [2.75, 3.05) is 18.8 Å². The lowest BCUT2D eigenvalue weighted by atomic mass is 10.1. The van der Waals surface area contributed by atoms with Crippen molar-refractivity contribution in [3.8, 4) is 0 Å². The van der Waals surface area contributed by atoms with E-state index in [9.17, 15) is 9.59 Å². The average Bonchev–Trinajstić information content (AvgIpc) is 3.34. The van der Waals surface area contributed by atoms with E-state index < -0.39 is 0 Å². The predicted octanol–water partition coefficient (Wildman–Crippen LogP) is 4.35. The summed E-state index contributed by atoms with van der Waals surface area (Å²) in [6.45, 7) is 2.26. The summed E-state index contributed by atoms with van der Waals surface area (Å²) in [4.78, 5) is 28.7. The largest absolute Gasteiger partial charge is 0.339 e. The molecule has 140 valence electrons. The third-order valence-electron chi connectivity index (χ3n) is 5.07. The highest BCUT2D eigenvalue weighted by molar-refractivity contribution is 8.00. The lowest BCUT2D eigenvalue weighted by Gasteiger charge is -2.24. The van der Waals surface area contributed by atoms with E-state index in [1.165, 1.54) is 0 Å². The standard InChI is InChI=1S/C21H21ClN2O2S/c22-18-9-3-15(4-10-18)13-24-19(25)14-27-21(24)17-7-5-16(6-8-17)20(26)23-11-1-2-12-23/h3-10,21H,1-2,11-14H2. The van der Waals surface area contributed by atoms with Crippen molar-refractivity contribution >= 4 is 35.2 Å². The van der Waals surface area contributed by atoms with E-state index in [4.69, 9.17) is 11.6 Å². The number of halogens is 1. The fraction of sp³-hybridized carbons (Fsp3) is 0.333. The smallest absolute Gasteiger partial charge is 0.253 e. The second-order valence-corrected chi connectivity index (χ2v) is 8.44. The van der Waals surface area contributed by atoms with Crippen molar-refractivity contribution in [1.29, 1.82) is 0 Å². The summed E-state index contributed by atoms with van der Waals surface area (Å²) < 4.78 is 0. The number of thioether (sulfide) groups is 1. The molecule has 2 fully saturated rings. The zero-order valence-electron chi connectivity index (χ0n) is 14.9. The molecule has 2 aliphatic rings. The van der Waals surface area contributed by atoms with Gasteiger partial charge < -0.3 is 9.80 Å². The average molecular weight is 401 g/mol. The predicted molar refractivity (Wildman–Crippen MR) is 109 cm³/mol. The summed E-state index contributed by atoms with van der Waals surface area (Å²) in [5, 5.41) is 0.666. The van der Waals surface area contributed by atoms with Gasteiger partial charge in [0.2, 0.25) is 5.91 Å². The van der Waals surface area contributed by atoms with Crippen LogP contribution < -0.4 is 0 Å². The monoisotopic (exact) mass is 400 g/mol. The van der Waals surface area contributed by atoms with Gasteiger partial charge in [-0.25, -0.2) is 0 Å². The molecule has 2 heterocycles. The molecule has 0 spiro atoms. The molecule has 2 amide bonds. The van der Waals surface area contributed by atoms with Crippen molar-refractivity contribution in [2.45, 2.75) is 24.8 Å². The Kier molecular flexibility index (Phi) is 5.41. The molecule has 0 bridgehead atoms. The molecule has 2 saturated heterocycles. The van der Waals surface area contributed by atoms with Crippen LogP contribution in [0.3, 0.4) is 0 Å². The second kappa shape index (κ2) is 7.95. The fourth-order valence-electron chi connectivity index (χ4n) is 3.58. The van der Waals surface area contributed by atoms with Gasteiger partial charge in [-0.05, 0) is 48.2 Å². The summed E-state index contributed by atoms with van der Waals surface area (Å²) in [5.41, 5.74) is 2.83. The molecule has 2 aromatic rings. The molecule has 6 heteroatoms. The number of amides is 2. The maximum atomic E-state index is 12.5. The fourth-order valence-corrected chi connectivity index (χ4v) is 4.89. The molecular formula is C21H21ClN2O2S. The number of carbonyl (C=O) groups excluding carboxylic acids is 2. The van der Waals surface area contributed by atoms with Gasteiger partial charge in [0, 0.05) is 30.2 Å². The van der Waals surface area contributed by atoms with Gasteiger partial charge in [-0.15, -0.1) is 11.8 Å². The quantitative estimate of drug-likeness (QED) is 0.766. The van der Waals surface area contributed by atoms with Crippen molar-refractivity contribution in [1.82, 2.24) is 9.80 Å². The van der Waals surface area contributed by atoms with E-state index in [1.807, 2.05) is 58.3 Å². The number of rotatable bonds is 4. The van der Waals surface area contributed by atoms with Gasteiger partial charge in [0.1, 0.15) is 5.37 Å². The van der Waals surface area contributed by atoms with E-state index in [-0.39, 0.29) is 17.2 Å². The number of nitrogens with zero attached hydrogens (tertiary/aromatic N) is 2. The zero-order valence-corrected chi connectivity index (χ0v) is 16.5. The zero-order chi connectivity index (χ0) is 18.8. The van der Waals surface area contributed by atoms with Crippen molar-refractivity contribution < 1.29 is 9.59 Å². The third kappa shape index (κ3) is 3.99. The highest BCUT2D eigenvalue weighted by Gasteiger charge is 2.33. The van der Waals surface area contributed by atoms with Crippen LogP contribution in [0.4, 0.5) is 0 Å². The minimum atomic E-state index is -0.0240. The Bertz CT molecular complexity index is 832. The van der Waals surface area contributed by atoms with Gasteiger partial charge in [0.25, 0.3) is 5.91 Å². The first-order chi connectivity index (χ1) is 13.1. The van der Waals surface area contributed by atoms with Gasteiger partial charge in [0.05, 0.1) is 5.75 Å². The van der Waals surface area contributed by atoms with Crippen LogP contribution in [0.15, 0.2) is 48.5 Å². The first kappa shape index (κ1) is 18.4. The Balaban J connectivity index is 1.50. The molecule has 27 heavy (non-hydrogen) atoms. The molecule has 0 N–H and O–H groups in total. The van der Waals surface area contributed by atoms with Crippen molar-refractivity contribution in [3.05, 3.63) is 70.2 Å². The van der Waals surface area contributed by atoms with Crippen LogP contribution in [-0.2, 0) is 11.3 Å². The molecule has 4 nitrogen and oxygen atoms in total. The maximum Gasteiger partial charge on any atom is 0.253 e. The van der Waals surface area contributed by atoms with Crippen LogP contribution in [-0.4, -0.2) is 40.5 Å². The van der Waals surface area contributed by atoms with Gasteiger partial charge in [0.15, 0.2) is 0 Å². The molecule has 0 aromatic heterocycles. The molecule has 0 radical (unpaired) electrons. The summed E-state index contributed by atoms with van der Waals surface area (Å²) in [6.07, 6.45) is 2.18. The minimum Gasteiger partial charge on any atom is -0.339 e. The highest BCUT2D eigenvalue weighted by atomic mass is 35.5. The Hall–Kier alpha value is -1.98. The van der Waals surface area contributed by atoms with Crippen LogP contribution >= 0.6 is 23.4 Å². The number of carbonyl (C=O) groups is 2. The summed E-state index contributed by atoms with van der Waals surface area (Å²) in [5.74, 6) is 0.719. The summed E-state index contributed by atoms with van der Waals surface area (Å²) in [7, 11) is 0. The second-order valence-electron chi connectivity index (χ2n) is 6.93. The van der Waals surface area contributed by atoms with E-state index in [0.29, 0.717) is 17.3 Å². The number of likely N-dealkylation sites (tertiary alicyclic amines) is 1. The van der Waals surface area contributed by atoms with Crippen LogP contribution in [0.2, 0.25) is 5.02 Å². The minimum absolute atomic E-state index is 0.0240. The summed E-state index contributed by atoms with van der Waals surface area (Å²) >= 11 is 7.58. The number of hydrogen-bond acceptors (Lipinski definition) is 3. The van der Waals surface area contributed by atoms with Gasteiger partial charge in [-0.1, -0.05) is 35.9 Å². The Labute approximate surface area is 168 Å². The molecule has 4 rings (SSSR count).